The minimum atomic E-state index is -0.957. The Bertz CT molecular complexity index is 442. The third-order valence-corrected chi connectivity index (χ3v) is 2.88. The molecule has 0 spiro atoms. The van der Waals surface area contributed by atoms with E-state index in [1.54, 1.807) is 6.07 Å². The summed E-state index contributed by atoms with van der Waals surface area (Å²) >= 11 is 0. The van der Waals surface area contributed by atoms with Gasteiger partial charge in [-0.3, -0.25) is 0 Å². The molecule has 0 unspecified atom stereocenters. The fourth-order valence-electron chi connectivity index (χ4n) is 1.99. The lowest BCUT2D eigenvalue weighted by molar-refractivity contribution is -0.0518. The first-order chi connectivity index (χ1) is 8.15. The van der Waals surface area contributed by atoms with Crippen molar-refractivity contribution < 1.29 is 14.6 Å². The van der Waals surface area contributed by atoms with Gasteiger partial charge in [0, 0.05) is 24.2 Å². The summed E-state index contributed by atoms with van der Waals surface area (Å²) in [6.07, 6.45) is 0.800. The van der Waals surface area contributed by atoms with E-state index in [4.69, 9.17) is 15.6 Å². The number of carbonyl (C=O) groups is 1. The molecule has 0 amide bonds. The highest BCUT2D eigenvalue weighted by Gasteiger charge is 2.28. The Morgan fingerprint density at radius 1 is 1.65 bits per heavy atom. The number of anilines is 2. The molecule has 1 fully saturated rings. The molecule has 4 N–H and O–H groups in total. The summed E-state index contributed by atoms with van der Waals surface area (Å²) in [7, 11) is 0. The normalized spacial score (nSPS) is 18.5. The molecule has 1 aromatic rings. The molecule has 0 aliphatic carbocycles. The molecule has 17 heavy (non-hydrogen) atoms. The first-order valence-electron chi connectivity index (χ1n) is 5.66. The molecule has 1 aliphatic rings. The highest BCUT2D eigenvalue weighted by atomic mass is 16.5. The largest absolute Gasteiger partial charge is 0.478 e. The number of carboxylic acids is 1. The number of ether oxygens (including phenoxy) is 1. The van der Waals surface area contributed by atoms with Gasteiger partial charge >= 0.3 is 5.97 Å². The van der Waals surface area contributed by atoms with Crippen molar-refractivity contribution in [3.05, 3.63) is 23.3 Å². The second kappa shape index (κ2) is 4.63. The van der Waals surface area contributed by atoms with Crippen LogP contribution >= 0.6 is 0 Å². The van der Waals surface area contributed by atoms with Crippen molar-refractivity contribution in [2.45, 2.75) is 19.4 Å². The van der Waals surface area contributed by atoms with Crippen LogP contribution in [0.1, 0.15) is 35.4 Å². The zero-order valence-electron chi connectivity index (χ0n) is 9.69. The van der Waals surface area contributed by atoms with Gasteiger partial charge in [-0.15, -0.1) is 0 Å². The van der Waals surface area contributed by atoms with Crippen molar-refractivity contribution in [2.24, 2.45) is 0 Å². The molecule has 1 aromatic carbocycles. The molecule has 5 heteroatoms. The average molecular weight is 236 g/mol. The number of aromatic carboxylic acids is 1. The van der Waals surface area contributed by atoms with Crippen LogP contribution in [-0.2, 0) is 4.74 Å². The summed E-state index contributed by atoms with van der Waals surface area (Å²) in [6.45, 7) is 3.26. The predicted octanol–water partition coefficient (Wildman–Crippen LogP) is 1.86. The topological polar surface area (TPSA) is 84.6 Å². The first kappa shape index (κ1) is 11.7. The van der Waals surface area contributed by atoms with Gasteiger partial charge in [0.05, 0.1) is 24.0 Å². The maximum atomic E-state index is 11.2. The number of carboxylic acid groups (broad SMARTS) is 1. The van der Waals surface area contributed by atoms with Gasteiger partial charge in [-0.25, -0.2) is 4.79 Å². The van der Waals surface area contributed by atoms with Crippen LogP contribution in [-0.4, -0.2) is 24.2 Å². The van der Waals surface area contributed by atoms with Crippen LogP contribution in [0.15, 0.2) is 12.1 Å². The molecule has 1 aliphatic heterocycles. The number of nitrogens with two attached hydrogens (primary N) is 1. The van der Waals surface area contributed by atoms with Gasteiger partial charge in [0.1, 0.15) is 0 Å². The minimum Gasteiger partial charge on any atom is -0.478 e. The quantitative estimate of drug-likeness (QED) is 0.695. The first-order valence-corrected chi connectivity index (χ1v) is 5.66. The van der Waals surface area contributed by atoms with E-state index in [-0.39, 0.29) is 11.7 Å². The van der Waals surface area contributed by atoms with E-state index in [1.807, 2.05) is 6.92 Å². The van der Waals surface area contributed by atoms with Crippen LogP contribution in [0.3, 0.4) is 0 Å². The number of nitrogen functional groups attached to an aromatic ring is 1. The maximum Gasteiger partial charge on any atom is 0.337 e. The van der Waals surface area contributed by atoms with Gasteiger partial charge < -0.3 is 20.9 Å². The van der Waals surface area contributed by atoms with E-state index in [2.05, 4.69) is 5.32 Å². The molecule has 1 heterocycles. The van der Waals surface area contributed by atoms with Crippen LogP contribution < -0.4 is 11.1 Å². The highest BCUT2D eigenvalue weighted by Crippen LogP contribution is 2.39. The Morgan fingerprint density at radius 3 is 2.82 bits per heavy atom. The Kier molecular flexibility index (Phi) is 3.19. The summed E-state index contributed by atoms with van der Waals surface area (Å²) in [4.78, 5) is 11.2. The van der Waals surface area contributed by atoms with Crippen LogP contribution in [0.25, 0.3) is 0 Å². The van der Waals surface area contributed by atoms with Gasteiger partial charge in [-0.2, -0.15) is 0 Å². The Hall–Kier alpha value is -1.75. The second-order valence-electron chi connectivity index (χ2n) is 3.97. The van der Waals surface area contributed by atoms with Crippen molar-refractivity contribution in [1.29, 1.82) is 0 Å². The lowest BCUT2D eigenvalue weighted by atomic mass is 9.96. The Balaban J connectivity index is 2.52. The Morgan fingerprint density at radius 2 is 2.35 bits per heavy atom. The SMILES string of the molecule is CCNc1c(C(=O)O)ccc(N)c1[C@@H]1CCO1. The van der Waals surface area contributed by atoms with E-state index in [0.717, 1.165) is 12.0 Å². The standard InChI is InChI=1S/C12H16N2O3/c1-2-14-11-7(12(15)16)3-4-8(13)10(11)9-5-6-17-9/h3-4,9,14H,2,5-6,13H2,1H3,(H,15,16)/t9-/m0/s1. The van der Waals surface area contributed by atoms with Crippen molar-refractivity contribution in [3.63, 3.8) is 0 Å². The number of nitrogens with one attached hydrogen (secondary N) is 1. The van der Waals surface area contributed by atoms with E-state index < -0.39 is 5.97 Å². The minimum absolute atomic E-state index is 0.0802. The maximum absolute atomic E-state index is 11.2. The molecule has 1 atom stereocenters. The molecule has 0 bridgehead atoms. The van der Waals surface area contributed by atoms with Crippen LogP contribution in [0.4, 0.5) is 11.4 Å². The lowest BCUT2D eigenvalue weighted by Crippen LogP contribution is -2.22. The van der Waals surface area contributed by atoms with E-state index in [1.165, 1.54) is 6.07 Å². The summed E-state index contributed by atoms with van der Waals surface area (Å²) in [5.41, 5.74) is 8.10. The van der Waals surface area contributed by atoms with Gasteiger partial charge in [-0.1, -0.05) is 0 Å². The summed E-state index contributed by atoms with van der Waals surface area (Å²) < 4.78 is 5.41. The second-order valence-corrected chi connectivity index (χ2v) is 3.97. The van der Waals surface area contributed by atoms with Gasteiger partial charge in [0.15, 0.2) is 0 Å². The van der Waals surface area contributed by atoms with E-state index >= 15 is 0 Å². The van der Waals surface area contributed by atoms with Crippen molar-refractivity contribution in [1.82, 2.24) is 0 Å². The predicted molar refractivity (Wildman–Crippen MR) is 65.3 cm³/mol. The van der Waals surface area contributed by atoms with Crippen LogP contribution in [0.5, 0.6) is 0 Å². The number of benzene rings is 1. The van der Waals surface area contributed by atoms with Gasteiger partial charge in [0.2, 0.25) is 0 Å². The lowest BCUT2D eigenvalue weighted by Gasteiger charge is -2.30. The van der Waals surface area contributed by atoms with E-state index in [9.17, 15) is 4.79 Å². The van der Waals surface area contributed by atoms with Crippen molar-refractivity contribution in [2.75, 3.05) is 24.2 Å². The fourth-order valence-corrected chi connectivity index (χ4v) is 1.99. The summed E-state index contributed by atoms with van der Waals surface area (Å²) in [6, 6.07) is 3.15. The highest BCUT2D eigenvalue weighted by molar-refractivity contribution is 5.96. The van der Waals surface area contributed by atoms with E-state index in [0.29, 0.717) is 24.5 Å². The molecule has 2 rings (SSSR count). The Labute approximate surface area is 99.6 Å². The van der Waals surface area contributed by atoms with Gasteiger partial charge in [0.25, 0.3) is 0 Å². The molecular formula is C12H16N2O3. The molecule has 0 aromatic heterocycles. The molecule has 0 saturated carbocycles. The average Bonchev–Trinajstić information content (AvgIpc) is 2.20. The van der Waals surface area contributed by atoms with Gasteiger partial charge in [-0.05, 0) is 19.1 Å². The fraction of sp³-hybridized carbons (Fsp3) is 0.417. The monoisotopic (exact) mass is 236 g/mol. The number of rotatable bonds is 4. The summed E-state index contributed by atoms with van der Waals surface area (Å²) in [5.74, 6) is -0.957. The molecular weight excluding hydrogens is 220 g/mol. The van der Waals surface area contributed by atoms with Crippen molar-refractivity contribution >= 4 is 17.3 Å². The van der Waals surface area contributed by atoms with Crippen LogP contribution in [0, 0.1) is 0 Å². The number of hydrogen-bond donors (Lipinski definition) is 3. The third-order valence-electron chi connectivity index (χ3n) is 2.88. The molecule has 92 valence electrons. The van der Waals surface area contributed by atoms with Crippen LogP contribution in [0.2, 0.25) is 0 Å². The third kappa shape index (κ3) is 2.06. The summed E-state index contributed by atoms with van der Waals surface area (Å²) in [5, 5.41) is 12.2. The number of hydrogen-bond acceptors (Lipinski definition) is 4. The van der Waals surface area contributed by atoms with Crippen molar-refractivity contribution in [3.8, 4) is 0 Å². The molecule has 5 nitrogen and oxygen atoms in total. The zero-order valence-corrected chi connectivity index (χ0v) is 9.69. The molecule has 0 radical (unpaired) electrons. The zero-order chi connectivity index (χ0) is 12.4. The smallest absolute Gasteiger partial charge is 0.337 e. The molecule has 1 saturated heterocycles.